The average Bonchev–Trinajstić information content (AvgIpc) is 3.00. The van der Waals surface area contributed by atoms with Crippen LogP contribution in [0, 0.1) is 0 Å². The lowest BCUT2D eigenvalue weighted by Gasteiger charge is -2.08. The number of H-pyrrole nitrogens is 1. The van der Waals surface area contributed by atoms with Crippen LogP contribution in [-0.4, -0.2) is 25.1 Å². The topological polar surface area (TPSA) is 79.0 Å². The summed E-state index contributed by atoms with van der Waals surface area (Å²) in [6.07, 6.45) is 2.38. The van der Waals surface area contributed by atoms with Gasteiger partial charge in [0.1, 0.15) is 0 Å². The molecule has 154 valence electrons. The van der Waals surface area contributed by atoms with Crippen LogP contribution in [0.15, 0.2) is 36.4 Å². The molecule has 1 heterocycles. The molecule has 1 aromatic heterocycles. The Labute approximate surface area is 180 Å². The summed E-state index contributed by atoms with van der Waals surface area (Å²) >= 11 is 12.4. The van der Waals surface area contributed by atoms with Crippen LogP contribution in [0.3, 0.4) is 0 Å². The number of aromatic amines is 1. The van der Waals surface area contributed by atoms with E-state index in [1.54, 1.807) is 30.3 Å². The maximum absolute atomic E-state index is 12.4. The summed E-state index contributed by atoms with van der Waals surface area (Å²) in [5.41, 5.74) is 4.23. The predicted molar refractivity (Wildman–Crippen MR) is 118 cm³/mol. The molecule has 0 radical (unpaired) electrons. The Hall–Kier alpha value is -2.02. The molecule has 2 N–H and O–H groups in total. The van der Waals surface area contributed by atoms with Crippen molar-refractivity contribution in [2.45, 2.75) is 33.1 Å². The van der Waals surface area contributed by atoms with Gasteiger partial charge in [-0.25, -0.2) is 13.1 Å². The second-order valence-electron chi connectivity index (χ2n) is 6.84. The molecule has 0 bridgehead atoms. The van der Waals surface area contributed by atoms with E-state index in [0.29, 0.717) is 22.0 Å². The van der Waals surface area contributed by atoms with Gasteiger partial charge >= 0.3 is 0 Å². The molecule has 29 heavy (non-hydrogen) atoms. The van der Waals surface area contributed by atoms with E-state index >= 15 is 0 Å². The quantitative estimate of drug-likeness (QED) is 0.523. The molecule has 2 aromatic carbocycles. The third kappa shape index (κ3) is 4.94. The van der Waals surface area contributed by atoms with Gasteiger partial charge in [-0.05, 0) is 54.8 Å². The molecular weight excluding hydrogens is 431 g/mol. The normalized spacial score (nSPS) is 11.7. The Bertz CT molecular complexity index is 1170. The highest BCUT2D eigenvalue weighted by atomic mass is 35.5. The van der Waals surface area contributed by atoms with Crippen molar-refractivity contribution in [3.8, 4) is 0 Å². The minimum atomic E-state index is -3.63. The number of benzene rings is 2. The first-order chi connectivity index (χ1) is 13.7. The van der Waals surface area contributed by atoms with Gasteiger partial charge in [0, 0.05) is 38.6 Å². The maximum atomic E-state index is 12.4. The van der Waals surface area contributed by atoms with Crippen molar-refractivity contribution in [2.75, 3.05) is 5.75 Å². The van der Waals surface area contributed by atoms with Gasteiger partial charge in [-0.2, -0.15) is 0 Å². The van der Waals surface area contributed by atoms with Gasteiger partial charge < -0.3 is 4.98 Å². The third-order valence-corrected chi connectivity index (χ3v) is 6.61. The number of halogens is 2. The number of carbonyl (C=O) groups excluding carboxylic acids is 1. The van der Waals surface area contributed by atoms with E-state index in [0.717, 1.165) is 40.6 Å². The van der Waals surface area contributed by atoms with E-state index in [1.807, 2.05) is 6.07 Å². The maximum Gasteiger partial charge on any atom is 0.264 e. The molecule has 0 atom stereocenters. The van der Waals surface area contributed by atoms with Crippen molar-refractivity contribution in [1.29, 1.82) is 0 Å². The lowest BCUT2D eigenvalue weighted by Crippen LogP contribution is -2.31. The van der Waals surface area contributed by atoms with E-state index in [9.17, 15) is 13.2 Å². The van der Waals surface area contributed by atoms with Gasteiger partial charge in [0.2, 0.25) is 10.0 Å². The average molecular weight is 453 g/mol. The van der Waals surface area contributed by atoms with Crippen LogP contribution >= 0.6 is 23.2 Å². The highest BCUT2D eigenvalue weighted by Gasteiger charge is 2.18. The van der Waals surface area contributed by atoms with E-state index in [1.165, 1.54) is 6.92 Å². The first-order valence-electron chi connectivity index (χ1n) is 9.36. The molecule has 0 fully saturated rings. The number of nitrogens with one attached hydrogen (secondary N) is 2. The van der Waals surface area contributed by atoms with Crippen molar-refractivity contribution in [3.63, 3.8) is 0 Å². The molecule has 3 rings (SSSR count). The number of amides is 1. The molecule has 0 spiro atoms. The lowest BCUT2D eigenvalue weighted by molar-refractivity contribution is 0.0981. The highest BCUT2D eigenvalue weighted by Crippen LogP contribution is 2.30. The summed E-state index contributed by atoms with van der Waals surface area (Å²) in [5, 5.41) is 2.03. The summed E-state index contributed by atoms with van der Waals surface area (Å²) < 4.78 is 25.6. The number of sulfonamides is 1. The minimum Gasteiger partial charge on any atom is -0.358 e. The standard InChI is InChI=1S/C21H22Cl2N2O3S/c1-3-5-19-16(10-13-6-8-15(22)12-18(13)23)17-11-14(7-9-20(17)24-19)21(26)25-29(27,28)4-2/h6-9,11-12,24H,3-5,10H2,1-2H3,(H,25,26). The molecule has 1 amide bonds. The van der Waals surface area contributed by atoms with Crippen LogP contribution in [0.5, 0.6) is 0 Å². The van der Waals surface area contributed by atoms with Crippen molar-refractivity contribution in [3.05, 3.63) is 68.8 Å². The van der Waals surface area contributed by atoms with E-state index in [-0.39, 0.29) is 5.75 Å². The van der Waals surface area contributed by atoms with Crippen LogP contribution < -0.4 is 4.72 Å². The van der Waals surface area contributed by atoms with E-state index in [4.69, 9.17) is 23.2 Å². The van der Waals surface area contributed by atoms with E-state index in [2.05, 4.69) is 16.6 Å². The third-order valence-electron chi connectivity index (χ3n) is 4.77. The monoisotopic (exact) mass is 452 g/mol. The number of aryl methyl sites for hydroxylation is 1. The fourth-order valence-corrected chi connectivity index (χ4v) is 4.26. The number of hydrogen-bond acceptors (Lipinski definition) is 3. The summed E-state index contributed by atoms with van der Waals surface area (Å²) in [7, 11) is -3.63. The fraction of sp³-hybridized carbons (Fsp3) is 0.286. The Morgan fingerprint density at radius 3 is 2.52 bits per heavy atom. The molecule has 0 aliphatic heterocycles. The summed E-state index contributed by atoms with van der Waals surface area (Å²) in [6.45, 7) is 3.58. The molecule has 5 nitrogen and oxygen atoms in total. The van der Waals surface area contributed by atoms with Crippen molar-refractivity contribution < 1.29 is 13.2 Å². The van der Waals surface area contributed by atoms with Gasteiger partial charge in [-0.3, -0.25) is 4.79 Å². The number of hydrogen-bond donors (Lipinski definition) is 2. The zero-order valence-electron chi connectivity index (χ0n) is 16.2. The Kier molecular flexibility index (Phi) is 6.56. The summed E-state index contributed by atoms with van der Waals surface area (Å²) in [6, 6.07) is 10.5. The first-order valence-corrected chi connectivity index (χ1v) is 11.8. The number of fused-ring (bicyclic) bond motifs is 1. The molecule has 0 aliphatic carbocycles. The Morgan fingerprint density at radius 1 is 1.10 bits per heavy atom. The van der Waals surface area contributed by atoms with Gasteiger partial charge in [0.05, 0.1) is 5.75 Å². The van der Waals surface area contributed by atoms with Crippen molar-refractivity contribution in [2.24, 2.45) is 0 Å². The second kappa shape index (κ2) is 8.78. The minimum absolute atomic E-state index is 0.161. The van der Waals surface area contributed by atoms with Crippen LogP contribution in [0.4, 0.5) is 0 Å². The molecule has 8 heteroatoms. The molecule has 0 saturated carbocycles. The van der Waals surface area contributed by atoms with Gasteiger partial charge in [0.25, 0.3) is 5.91 Å². The highest BCUT2D eigenvalue weighted by molar-refractivity contribution is 7.90. The van der Waals surface area contributed by atoms with Crippen LogP contribution in [0.25, 0.3) is 10.9 Å². The molecule has 0 aliphatic rings. The van der Waals surface area contributed by atoms with Gasteiger partial charge in [0.15, 0.2) is 0 Å². The smallest absolute Gasteiger partial charge is 0.264 e. The predicted octanol–water partition coefficient (Wildman–Crippen LogP) is 5.10. The van der Waals surface area contributed by atoms with Crippen molar-refractivity contribution in [1.82, 2.24) is 9.71 Å². The Balaban J connectivity index is 2.06. The van der Waals surface area contributed by atoms with Gasteiger partial charge in [-0.1, -0.05) is 42.6 Å². The van der Waals surface area contributed by atoms with Crippen LogP contribution in [-0.2, 0) is 22.9 Å². The lowest BCUT2D eigenvalue weighted by atomic mass is 9.99. The zero-order valence-corrected chi connectivity index (χ0v) is 18.5. The van der Waals surface area contributed by atoms with Gasteiger partial charge in [-0.15, -0.1) is 0 Å². The molecule has 0 saturated heterocycles. The molecule has 0 unspecified atom stereocenters. The fourth-order valence-electron chi connectivity index (χ4n) is 3.24. The number of carbonyl (C=O) groups is 1. The SMILES string of the molecule is CCCc1[nH]c2ccc(C(=O)NS(=O)(=O)CC)cc2c1Cc1ccc(Cl)cc1Cl. The van der Waals surface area contributed by atoms with Crippen LogP contribution in [0.2, 0.25) is 10.0 Å². The van der Waals surface area contributed by atoms with Crippen molar-refractivity contribution >= 4 is 50.0 Å². The Morgan fingerprint density at radius 2 is 1.86 bits per heavy atom. The summed E-state index contributed by atoms with van der Waals surface area (Å²) in [5.74, 6) is -0.797. The first kappa shape index (κ1) is 21.7. The summed E-state index contributed by atoms with van der Waals surface area (Å²) in [4.78, 5) is 15.8. The number of aromatic nitrogens is 1. The molecular formula is C21H22Cl2N2O3S. The zero-order chi connectivity index (χ0) is 21.2. The largest absolute Gasteiger partial charge is 0.358 e. The molecule has 3 aromatic rings. The van der Waals surface area contributed by atoms with E-state index < -0.39 is 15.9 Å². The second-order valence-corrected chi connectivity index (χ2v) is 9.69. The van der Waals surface area contributed by atoms with Crippen LogP contribution in [0.1, 0.15) is 47.4 Å². The number of rotatable bonds is 7.